The van der Waals surface area contributed by atoms with E-state index in [0.717, 1.165) is 26.8 Å². The van der Waals surface area contributed by atoms with Crippen LogP contribution in [0.5, 0.6) is 0 Å². The Morgan fingerprint density at radius 1 is 1.10 bits per heavy atom. The number of carbonyl (C=O) groups excluding carboxylic acids is 1. The van der Waals surface area contributed by atoms with Crippen molar-refractivity contribution in [2.45, 2.75) is 13.5 Å². The maximum atomic E-state index is 12.7. The molecule has 29 heavy (non-hydrogen) atoms. The summed E-state index contributed by atoms with van der Waals surface area (Å²) in [5.74, 6) is -0.231. The second-order valence-corrected chi connectivity index (χ2v) is 7.90. The molecule has 2 aromatic carbocycles. The molecule has 0 aliphatic rings. The standard InChI is InChI=1S/C22H17N5OS/c1-14-7-8-18-19(9-14)29-22(25-18)26-21(28)17-10-16-12-24-27(20(16)23-11-17)13-15-5-3-2-4-6-15/h2-12H,13H2,1H3,(H,25,26,28). The summed E-state index contributed by atoms with van der Waals surface area (Å²) in [7, 11) is 0. The number of hydrogen-bond acceptors (Lipinski definition) is 5. The van der Waals surface area contributed by atoms with Gasteiger partial charge in [-0.2, -0.15) is 5.10 Å². The Bertz CT molecular complexity index is 1340. The lowest BCUT2D eigenvalue weighted by atomic mass is 10.2. The van der Waals surface area contributed by atoms with E-state index >= 15 is 0 Å². The van der Waals surface area contributed by atoms with Gasteiger partial charge in [-0.1, -0.05) is 47.7 Å². The van der Waals surface area contributed by atoms with Gasteiger partial charge < -0.3 is 0 Å². The Hall–Kier alpha value is -3.58. The zero-order valence-electron chi connectivity index (χ0n) is 15.7. The van der Waals surface area contributed by atoms with Crippen LogP contribution in [0.3, 0.4) is 0 Å². The molecule has 0 atom stereocenters. The minimum atomic E-state index is -0.231. The third-order valence-corrected chi connectivity index (χ3v) is 5.61. The first kappa shape index (κ1) is 17.5. The van der Waals surface area contributed by atoms with E-state index in [4.69, 9.17) is 0 Å². The van der Waals surface area contributed by atoms with E-state index in [0.29, 0.717) is 17.2 Å². The fourth-order valence-electron chi connectivity index (χ4n) is 3.22. The fourth-order valence-corrected chi connectivity index (χ4v) is 4.18. The number of fused-ring (bicyclic) bond motifs is 2. The normalized spacial score (nSPS) is 11.2. The van der Waals surface area contributed by atoms with Gasteiger partial charge in [0, 0.05) is 11.6 Å². The second kappa shape index (κ2) is 7.10. The van der Waals surface area contributed by atoms with Crippen molar-refractivity contribution in [3.05, 3.63) is 83.7 Å². The summed E-state index contributed by atoms with van der Waals surface area (Å²) in [6.45, 7) is 2.67. The lowest BCUT2D eigenvalue weighted by Crippen LogP contribution is -2.12. The van der Waals surface area contributed by atoms with Crippen molar-refractivity contribution < 1.29 is 4.79 Å². The summed E-state index contributed by atoms with van der Waals surface area (Å²) in [5.41, 5.74) is 4.42. The highest BCUT2D eigenvalue weighted by Gasteiger charge is 2.13. The van der Waals surface area contributed by atoms with Crippen LogP contribution in [0.1, 0.15) is 21.5 Å². The molecule has 3 heterocycles. The third-order valence-electron chi connectivity index (χ3n) is 4.68. The number of nitrogens with one attached hydrogen (secondary N) is 1. The van der Waals surface area contributed by atoms with E-state index in [-0.39, 0.29) is 5.91 Å². The van der Waals surface area contributed by atoms with Crippen LogP contribution in [-0.2, 0) is 6.54 Å². The van der Waals surface area contributed by atoms with Gasteiger partial charge in [-0.3, -0.25) is 10.1 Å². The lowest BCUT2D eigenvalue weighted by molar-refractivity contribution is 0.102. The van der Waals surface area contributed by atoms with Crippen molar-refractivity contribution in [1.29, 1.82) is 0 Å². The number of hydrogen-bond donors (Lipinski definition) is 1. The number of amides is 1. The van der Waals surface area contributed by atoms with Gasteiger partial charge in [-0.15, -0.1) is 0 Å². The number of pyridine rings is 1. The zero-order valence-corrected chi connectivity index (χ0v) is 16.5. The largest absolute Gasteiger partial charge is 0.298 e. The van der Waals surface area contributed by atoms with Crippen LogP contribution < -0.4 is 5.32 Å². The highest BCUT2D eigenvalue weighted by molar-refractivity contribution is 7.22. The predicted octanol–water partition coefficient (Wildman–Crippen LogP) is 4.65. The van der Waals surface area contributed by atoms with Crippen LogP contribution in [0.4, 0.5) is 5.13 Å². The van der Waals surface area contributed by atoms with Gasteiger partial charge in [0.1, 0.15) is 0 Å². The first-order valence-electron chi connectivity index (χ1n) is 9.20. The van der Waals surface area contributed by atoms with Crippen molar-refractivity contribution in [3.8, 4) is 0 Å². The maximum absolute atomic E-state index is 12.7. The number of carbonyl (C=O) groups is 1. The number of rotatable bonds is 4. The van der Waals surface area contributed by atoms with E-state index in [1.165, 1.54) is 16.9 Å². The number of nitrogens with zero attached hydrogens (tertiary/aromatic N) is 4. The summed E-state index contributed by atoms with van der Waals surface area (Å²) in [5, 5.41) is 8.71. The second-order valence-electron chi connectivity index (χ2n) is 6.87. The smallest absolute Gasteiger partial charge is 0.259 e. The number of benzene rings is 2. The van der Waals surface area contributed by atoms with E-state index < -0.39 is 0 Å². The number of anilines is 1. The predicted molar refractivity (Wildman–Crippen MR) is 115 cm³/mol. The average molecular weight is 399 g/mol. The molecule has 0 saturated carbocycles. The summed E-state index contributed by atoms with van der Waals surface area (Å²) in [6.07, 6.45) is 3.32. The highest BCUT2D eigenvalue weighted by atomic mass is 32.1. The van der Waals surface area contributed by atoms with Crippen molar-refractivity contribution in [1.82, 2.24) is 19.7 Å². The van der Waals surface area contributed by atoms with Crippen LogP contribution in [-0.4, -0.2) is 25.7 Å². The zero-order chi connectivity index (χ0) is 19.8. The molecule has 5 rings (SSSR count). The van der Waals surface area contributed by atoms with Crippen LogP contribution in [0.25, 0.3) is 21.3 Å². The molecule has 7 heteroatoms. The average Bonchev–Trinajstić information content (AvgIpc) is 3.31. The monoisotopic (exact) mass is 399 g/mol. The Labute approximate surface area is 170 Å². The maximum Gasteiger partial charge on any atom is 0.259 e. The Balaban J connectivity index is 1.38. The molecular formula is C22H17N5OS. The SMILES string of the molecule is Cc1ccc2nc(NC(=O)c3cnc4c(cnn4Cc4ccccc4)c3)sc2c1. The molecule has 0 fully saturated rings. The first-order valence-corrected chi connectivity index (χ1v) is 10.0. The van der Waals surface area contributed by atoms with Gasteiger partial charge in [0.25, 0.3) is 5.91 Å². The molecule has 0 bridgehead atoms. The molecule has 6 nitrogen and oxygen atoms in total. The van der Waals surface area contributed by atoms with Gasteiger partial charge in [0.15, 0.2) is 10.8 Å². The molecule has 1 amide bonds. The van der Waals surface area contributed by atoms with Crippen molar-refractivity contribution in [3.63, 3.8) is 0 Å². The molecule has 0 radical (unpaired) electrons. The van der Waals surface area contributed by atoms with E-state index in [1.54, 1.807) is 12.4 Å². The first-order chi connectivity index (χ1) is 14.2. The summed E-state index contributed by atoms with van der Waals surface area (Å²) in [6, 6.07) is 17.9. The molecule has 1 N–H and O–H groups in total. The summed E-state index contributed by atoms with van der Waals surface area (Å²) in [4.78, 5) is 21.6. The van der Waals surface area contributed by atoms with Crippen molar-refractivity contribution in [2.75, 3.05) is 5.32 Å². The minimum absolute atomic E-state index is 0.231. The molecule has 0 spiro atoms. The Morgan fingerprint density at radius 3 is 2.83 bits per heavy atom. The quantitative estimate of drug-likeness (QED) is 0.477. The van der Waals surface area contributed by atoms with Crippen LogP contribution in [0.15, 0.2) is 67.0 Å². The number of aromatic nitrogens is 4. The molecule has 0 unspecified atom stereocenters. The molecule has 0 saturated heterocycles. The Morgan fingerprint density at radius 2 is 1.97 bits per heavy atom. The topological polar surface area (TPSA) is 72.7 Å². The fraction of sp³-hybridized carbons (Fsp3) is 0.0909. The summed E-state index contributed by atoms with van der Waals surface area (Å²) >= 11 is 1.46. The van der Waals surface area contributed by atoms with Gasteiger partial charge >= 0.3 is 0 Å². The van der Waals surface area contributed by atoms with Crippen LogP contribution >= 0.6 is 11.3 Å². The number of aryl methyl sites for hydroxylation is 1. The molecule has 0 aliphatic heterocycles. The van der Waals surface area contributed by atoms with E-state index in [2.05, 4.69) is 38.6 Å². The molecule has 5 aromatic rings. The number of thiazole rings is 1. The van der Waals surface area contributed by atoms with E-state index in [9.17, 15) is 4.79 Å². The summed E-state index contributed by atoms with van der Waals surface area (Å²) < 4.78 is 2.89. The van der Waals surface area contributed by atoms with Gasteiger partial charge in [-0.25, -0.2) is 14.6 Å². The molecule has 3 aromatic heterocycles. The third kappa shape index (κ3) is 3.48. The van der Waals surface area contributed by atoms with Gasteiger partial charge in [0.2, 0.25) is 0 Å². The lowest BCUT2D eigenvalue weighted by Gasteiger charge is -2.04. The molecule has 142 valence electrons. The molecule has 0 aliphatic carbocycles. The van der Waals surface area contributed by atoms with Crippen LogP contribution in [0, 0.1) is 6.92 Å². The van der Waals surface area contributed by atoms with Crippen LogP contribution in [0.2, 0.25) is 0 Å². The van der Waals surface area contributed by atoms with Gasteiger partial charge in [0.05, 0.1) is 28.5 Å². The van der Waals surface area contributed by atoms with Crippen molar-refractivity contribution >= 4 is 43.6 Å². The Kier molecular flexibility index (Phi) is 4.29. The minimum Gasteiger partial charge on any atom is -0.298 e. The van der Waals surface area contributed by atoms with Gasteiger partial charge in [-0.05, 0) is 36.2 Å². The molecular weight excluding hydrogens is 382 g/mol. The van der Waals surface area contributed by atoms with E-state index in [1.807, 2.05) is 48.0 Å². The highest BCUT2D eigenvalue weighted by Crippen LogP contribution is 2.27. The van der Waals surface area contributed by atoms with Crippen molar-refractivity contribution in [2.24, 2.45) is 0 Å².